The predicted octanol–water partition coefficient (Wildman–Crippen LogP) is 3.33. The van der Waals surface area contributed by atoms with E-state index in [-0.39, 0.29) is 17.1 Å². The molecule has 2 aromatic carbocycles. The van der Waals surface area contributed by atoms with E-state index in [4.69, 9.17) is 4.74 Å². The number of aromatic hydroxyl groups is 1. The van der Waals surface area contributed by atoms with Crippen molar-refractivity contribution in [3.05, 3.63) is 59.7 Å². The van der Waals surface area contributed by atoms with Crippen LogP contribution >= 0.6 is 0 Å². The third-order valence-corrected chi connectivity index (χ3v) is 9.09. The fourth-order valence-electron chi connectivity index (χ4n) is 8.21. The normalized spacial score (nSPS) is 41.9. The van der Waals surface area contributed by atoms with E-state index in [0.717, 1.165) is 32.4 Å². The lowest BCUT2D eigenvalue weighted by molar-refractivity contribution is -0.156. The number of phenolic OH excluding ortho intramolecular Hbond substituents is 1. The molecular formula is C25H28N2O2. The third-order valence-electron chi connectivity index (χ3n) is 9.09. The molecule has 4 nitrogen and oxygen atoms in total. The highest BCUT2D eigenvalue weighted by molar-refractivity contribution is 5.56. The standard InChI is InChI=1S/C25H28N2O2/c1-26-12-11-24-19-14-18(28)8-7-16(19)13-22(26)25(24)10-9-20-23(24)21(29-25)15-27(20)17-5-3-2-4-6-17/h2-8,14,20-23,28H,9-13,15H2,1H3/t20?,21-,22?,23?,24?,25?/m1/s1. The van der Waals surface area contributed by atoms with Gasteiger partial charge in [-0.05, 0) is 74.7 Å². The molecule has 5 aliphatic rings. The minimum atomic E-state index is -0.0879. The van der Waals surface area contributed by atoms with Gasteiger partial charge in [0.2, 0.25) is 0 Å². The number of rotatable bonds is 1. The second-order valence-electron chi connectivity index (χ2n) is 9.93. The monoisotopic (exact) mass is 388 g/mol. The zero-order valence-electron chi connectivity index (χ0n) is 16.9. The van der Waals surface area contributed by atoms with Gasteiger partial charge in [0.1, 0.15) is 5.75 Å². The summed E-state index contributed by atoms with van der Waals surface area (Å²) in [6.45, 7) is 2.11. The van der Waals surface area contributed by atoms with Gasteiger partial charge in [-0.3, -0.25) is 0 Å². The number of hydrogen-bond donors (Lipinski definition) is 1. The molecule has 3 saturated heterocycles. The molecule has 4 heteroatoms. The number of likely N-dealkylation sites (tertiary alicyclic amines) is 1. The van der Waals surface area contributed by atoms with Gasteiger partial charge < -0.3 is 19.6 Å². The van der Waals surface area contributed by atoms with Crippen LogP contribution in [0.2, 0.25) is 0 Å². The maximum Gasteiger partial charge on any atom is 0.115 e. The maximum atomic E-state index is 10.4. The quantitative estimate of drug-likeness (QED) is 0.813. The Labute approximate surface area is 172 Å². The van der Waals surface area contributed by atoms with Crippen molar-refractivity contribution in [1.29, 1.82) is 0 Å². The highest BCUT2D eigenvalue weighted by Gasteiger charge is 2.77. The van der Waals surface area contributed by atoms with Crippen molar-refractivity contribution in [3.8, 4) is 5.75 Å². The first-order valence-corrected chi connectivity index (χ1v) is 11.2. The number of phenols is 1. The smallest absolute Gasteiger partial charge is 0.115 e. The van der Waals surface area contributed by atoms with E-state index in [9.17, 15) is 5.11 Å². The lowest BCUT2D eigenvalue weighted by Crippen LogP contribution is -2.73. The van der Waals surface area contributed by atoms with Crippen molar-refractivity contribution in [2.24, 2.45) is 5.92 Å². The fraction of sp³-hybridized carbons (Fsp3) is 0.520. The number of fused-ring (bicyclic) bond motifs is 1. The number of para-hydroxylation sites is 1. The van der Waals surface area contributed by atoms with Crippen LogP contribution < -0.4 is 4.90 Å². The van der Waals surface area contributed by atoms with Crippen LogP contribution in [0.1, 0.15) is 30.4 Å². The summed E-state index contributed by atoms with van der Waals surface area (Å²) in [5, 5.41) is 10.4. The Morgan fingerprint density at radius 3 is 2.83 bits per heavy atom. The largest absolute Gasteiger partial charge is 0.508 e. The fourth-order valence-corrected chi connectivity index (χ4v) is 8.21. The van der Waals surface area contributed by atoms with Crippen LogP contribution in [-0.4, -0.2) is 53.9 Å². The molecule has 0 aromatic heterocycles. The Balaban J connectivity index is 1.44. The molecule has 1 saturated carbocycles. The summed E-state index contributed by atoms with van der Waals surface area (Å²) in [4.78, 5) is 5.18. The lowest BCUT2D eigenvalue weighted by Gasteiger charge is -2.64. The van der Waals surface area contributed by atoms with Gasteiger partial charge in [-0.15, -0.1) is 0 Å². The molecule has 1 N–H and O–H groups in total. The summed E-state index contributed by atoms with van der Waals surface area (Å²) in [6, 6.07) is 18.0. The Bertz CT molecular complexity index is 994. The molecule has 4 bridgehead atoms. The van der Waals surface area contributed by atoms with E-state index in [1.807, 2.05) is 6.07 Å². The average Bonchev–Trinajstić information content (AvgIpc) is 3.18. The van der Waals surface area contributed by atoms with E-state index in [1.165, 1.54) is 23.2 Å². The zero-order chi connectivity index (χ0) is 19.4. The van der Waals surface area contributed by atoms with E-state index in [2.05, 4.69) is 59.3 Å². The summed E-state index contributed by atoms with van der Waals surface area (Å²) in [5.74, 6) is 0.913. The van der Waals surface area contributed by atoms with Gasteiger partial charge in [0.15, 0.2) is 0 Å². The molecule has 0 radical (unpaired) electrons. The minimum absolute atomic E-state index is 0.0353. The van der Waals surface area contributed by atoms with Gasteiger partial charge in [-0.2, -0.15) is 0 Å². The van der Waals surface area contributed by atoms with Gasteiger partial charge in [0.25, 0.3) is 0 Å². The van der Waals surface area contributed by atoms with Crippen LogP contribution in [0.25, 0.3) is 0 Å². The SMILES string of the molecule is CN1CCC23c4cc(O)ccc4CC1C21CCC2C3[C@@H](CN2c2ccccc2)O1. The lowest BCUT2D eigenvalue weighted by atomic mass is 9.46. The van der Waals surface area contributed by atoms with Crippen molar-refractivity contribution in [1.82, 2.24) is 4.90 Å². The van der Waals surface area contributed by atoms with Gasteiger partial charge in [0, 0.05) is 35.6 Å². The van der Waals surface area contributed by atoms with E-state index in [0.29, 0.717) is 23.8 Å². The number of ether oxygens (including phenoxy) is 1. The number of hydrogen-bond acceptors (Lipinski definition) is 4. The molecule has 7 rings (SSSR count). The van der Waals surface area contributed by atoms with Crippen molar-refractivity contribution in [2.45, 2.75) is 54.9 Å². The van der Waals surface area contributed by atoms with E-state index >= 15 is 0 Å². The topological polar surface area (TPSA) is 35.9 Å². The molecule has 4 fully saturated rings. The Morgan fingerprint density at radius 2 is 1.97 bits per heavy atom. The van der Waals surface area contributed by atoms with Crippen molar-refractivity contribution in [3.63, 3.8) is 0 Å². The predicted molar refractivity (Wildman–Crippen MR) is 112 cm³/mol. The molecule has 150 valence electrons. The molecule has 0 spiro atoms. The molecule has 3 aliphatic heterocycles. The van der Waals surface area contributed by atoms with Crippen LogP contribution in [-0.2, 0) is 16.6 Å². The van der Waals surface area contributed by atoms with Gasteiger partial charge in [0.05, 0.1) is 11.7 Å². The summed E-state index contributed by atoms with van der Waals surface area (Å²) in [6.07, 6.45) is 4.79. The molecular weight excluding hydrogens is 360 g/mol. The Hall–Kier alpha value is -2.04. The summed E-state index contributed by atoms with van der Waals surface area (Å²) >= 11 is 0. The van der Waals surface area contributed by atoms with Crippen LogP contribution in [0.15, 0.2) is 48.5 Å². The van der Waals surface area contributed by atoms with Gasteiger partial charge in [-0.25, -0.2) is 0 Å². The molecule has 2 aliphatic carbocycles. The third kappa shape index (κ3) is 1.80. The van der Waals surface area contributed by atoms with Crippen molar-refractivity contribution < 1.29 is 9.84 Å². The molecule has 2 aromatic rings. The van der Waals surface area contributed by atoms with E-state index < -0.39 is 0 Å². The first kappa shape index (κ1) is 16.7. The number of benzene rings is 2. The second kappa shape index (κ2) is 5.35. The molecule has 0 amide bonds. The average molecular weight is 389 g/mol. The van der Waals surface area contributed by atoms with Crippen LogP contribution in [0.4, 0.5) is 5.69 Å². The summed E-state index contributed by atoms with van der Waals surface area (Å²) in [7, 11) is 2.29. The number of nitrogens with zero attached hydrogens (tertiary/aromatic N) is 2. The zero-order valence-corrected chi connectivity index (χ0v) is 16.9. The van der Waals surface area contributed by atoms with Gasteiger partial charge in [-0.1, -0.05) is 24.3 Å². The van der Waals surface area contributed by atoms with Gasteiger partial charge >= 0.3 is 0 Å². The second-order valence-corrected chi connectivity index (χ2v) is 9.93. The first-order chi connectivity index (χ1) is 14.1. The van der Waals surface area contributed by atoms with Crippen LogP contribution in [0.5, 0.6) is 5.75 Å². The van der Waals surface area contributed by atoms with Crippen molar-refractivity contribution >= 4 is 5.69 Å². The molecule has 29 heavy (non-hydrogen) atoms. The van der Waals surface area contributed by atoms with Crippen LogP contribution in [0, 0.1) is 5.92 Å². The highest BCUT2D eigenvalue weighted by atomic mass is 16.5. The Kier molecular flexibility index (Phi) is 3.09. The number of piperidine rings is 1. The minimum Gasteiger partial charge on any atom is -0.508 e. The summed E-state index contributed by atoms with van der Waals surface area (Å²) < 4.78 is 7.18. The molecule has 5 unspecified atom stereocenters. The number of anilines is 1. The van der Waals surface area contributed by atoms with Crippen LogP contribution in [0.3, 0.4) is 0 Å². The highest BCUT2D eigenvalue weighted by Crippen LogP contribution is 2.69. The maximum absolute atomic E-state index is 10.4. The molecule has 6 atom stereocenters. The molecule has 3 heterocycles. The Morgan fingerprint density at radius 1 is 1.10 bits per heavy atom. The first-order valence-electron chi connectivity index (χ1n) is 11.2. The summed E-state index contributed by atoms with van der Waals surface area (Å²) in [5.41, 5.74) is 4.10. The van der Waals surface area contributed by atoms with E-state index in [1.54, 1.807) is 0 Å². The number of likely N-dealkylation sites (N-methyl/N-ethyl adjacent to an activating group) is 1. The van der Waals surface area contributed by atoms with Crippen molar-refractivity contribution in [2.75, 3.05) is 25.0 Å².